The zero-order chi connectivity index (χ0) is 22.3. The van der Waals surface area contributed by atoms with Crippen LogP contribution in [0, 0.1) is 5.92 Å². The maximum atomic E-state index is 12.3. The van der Waals surface area contributed by atoms with Gasteiger partial charge in [0, 0.05) is 13.5 Å². The van der Waals surface area contributed by atoms with E-state index in [4.69, 9.17) is 30.5 Å². The lowest BCUT2D eigenvalue weighted by Crippen LogP contribution is -2.48. The lowest BCUT2D eigenvalue weighted by Gasteiger charge is -2.41. The Balaban J connectivity index is 1.71. The van der Waals surface area contributed by atoms with Crippen molar-refractivity contribution >= 4 is 23.4 Å². The third-order valence-electron chi connectivity index (χ3n) is 6.37. The smallest absolute Gasteiger partial charge is 0.313 e. The highest BCUT2D eigenvalue weighted by atomic mass is 35.5. The Labute approximate surface area is 189 Å². The normalized spacial score (nSPS) is 22.0. The molecule has 0 N–H and O–H groups in total. The maximum absolute atomic E-state index is 12.3. The van der Waals surface area contributed by atoms with Gasteiger partial charge in [0.15, 0.2) is 6.79 Å². The number of esters is 1. The first-order valence-electron chi connectivity index (χ1n) is 11.2. The third kappa shape index (κ3) is 6.21. The van der Waals surface area contributed by atoms with Crippen LogP contribution >= 0.6 is 11.6 Å². The molecular weight excluding hydrogens is 420 g/mol. The van der Waals surface area contributed by atoms with Crippen LogP contribution in [0.2, 0.25) is 5.02 Å². The maximum Gasteiger partial charge on any atom is 0.313 e. The predicted molar refractivity (Wildman–Crippen MR) is 117 cm³/mol. The molecule has 0 spiro atoms. The van der Waals surface area contributed by atoms with Crippen molar-refractivity contribution in [3.63, 3.8) is 0 Å². The molecule has 1 aromatic carbocycles. The van der Waals surface area contributed by atoms with E-state index in [2.05, 4.69) is 13.0 Å². The van der Waals surface area contributed by atoms with Gasteiger partial charge in [0.1, 0.15) is 23.6 Å². The molecule has 0 aromatic heterocycles. The van der Waals surface area contributed by atoms with Crippen LogP contribution in [-0.2, 0) is 36.6 Å². The fraction of sp³-hybridized carbons (Fsp3) is 0.667. The number of hydrogen-bond donors (Lipinski definition) is 0. The molecular formula is C24H33ClO6. The lowest BCUT2D eigenvalue weighted by molar-refractivity contribution is -0.178. The van der Waals surface area contributed by atoms with Gasteiger partial charge in [0.2, 0.25) is 0 Å². The molecule has 7 heteroatoms. The molecule has 0 radical (unpaired) electrons. The highest BCUT2D eigenvalue weighted by Crippen LogP contribution is 2.44. The van der Waals surface area contributed by atoms with Gasteiger partial charge < -0.3 is 18.9 Å². The Hall–Kier alpha value is -1.63. The Kier molecular flexibility index (Phi) is 8.76. The number of halogens is 1. The van der Waals surface area contributed by atoms with E-state index in [0.29, 0.717) is 43.2 Å². The minimum Gasteiger partial charge on any atom is -0.466 e. The summed E-state index contributed by atoms with van der Waals surface area (Å²) >= 11 is 6.54. The number of carbonyl (C=O) groups is 2. The van der Waals surface area contributed by atoms with Gasteiger partial charge in [-0.1, -0.05) is 37.4 Å². The van der Waals surface area contributed by atoms with Crippen molar-refractivity contribution in [2.24, 2.45) is 5.92 Å². The van der Waals surface area contributed by atoms with Crippen LogP contribution in [0.25, 0.3) is 0 Å². The molecule has 3 rings (SSSR count). The monoisotopic (exact) mass is 452 g/mol. The van der Waals surface area contributed by atoms with Gasteiger partial charge in [-0.3, -0.25) is 9.59 Å². The number of cyclic esters (lactones) is 1. The van der Waals surface area contributed by atoms with Gasteiger partial charge in [-0.05, 0) is 55.2 Å². The van der Waals surface area contributed by atoms with Crippen LogP contribution in [0.1, 0.15) is 63.0 Å². The van der Waals surface area contributed by atoms with Crippen molar-refractivity contribution in [3.05, 3.63) is 28.3 Å². The summed E-state index contributed by atoms with van der Waals surface area (Å²) in [6.07, 6.45) is 6.60. The van der Waals surface area contributed by atoms with Crippen molar-refractivity contribution in [2.45, 2.75) is 70.3 Å². The van der Waals surface area contributed by atoms with Crippen LogP contribution in [-0.4, -0.2) is 44.5 Å². The first-order chi connectivity index (χ1) is 15.0. The summed E-state index contributed by atoms with van der Waals surface area (Å²) in [5, 5.41) is 0.538. The number of Topliss-reactive ketones (excluding diaryl/α,β-unsaturated/α-hetero) is 1. The zero-order valence-electron chi connectivity index (χ0n) is 18.5. The lowest BCUT2D eigenvalue weighted by atomic mass is 9.76. The van der Waals surface area contributed by atoms with E-state index in [1.54, 1.807) is 7.11 Å². The predicted octanol–water partition coefficient (Wildman–Crippen LogP) is 4.67. The van der Waals surface area contributed by atoms with Gasteiger partial charge >= 0.3 is 5.97 Å². The van der Waals surface area contributed by atoms with E-state index >= 15 is 0 Å². The molecule has 1 saturated heterocycles. The van der Waals surface area contributed by atoms with Gasteiger partial charge in [0.05, 0.1) is 18.2 Å². The van der Waals surface area contributed by atoms with Crippen LogP contribution in [0.4, 0.5) is 0 Å². The Morgan fingerprint density at radius 1 is 1.19 bits per heavy atom. The average molecular weight is 453 g/mol. The van der Waals surface area contributed by atoms with E-state index in [-0.39, 0.29) is 30.9 Å². The second-order valence-electron chi connectivity index (χ2n) is 8.50. The van der Waals surface area contributed by atoms with Gasteiger partial charge in [-0.15, -0.1) is 0 Å². The van der Waals surface area contributed by atoms with Crippen molar-refractivity contribution in [1.82, 2.24) is 0 Å². The average Bonchev–Trinajstić information content (AvgIpc) is 3.28. The van der Waals surface area contributed by atoms with Gasteiger partial charge in [0.25, 0.3) is 0 Å². The summed E-state index contributed by atoms with van der Waals surface area (Å²) in [5.74, 6) is 0.504. The highest BCUT2D eigenvalue weighted by Gasteiger charge is 2.47. The Morgan fingerprint density at radius 3 is 2.65 bits per heavy atom. The van der Waals surface area contributed by atoms with E-state index in [1.165, 1.54) is 0 Å². The molecule has 1 aliphatic heterocycles. The molecule has 1 heterocycles. The number of aryl methyl sites for hydroxylation is 2. The third-order valence-corrected chi connectivity index (χ3v) is 6.65. The summed E-state index contributed by atoms with van der Waals surface area (Å²) in [6.45, 7) is 3.12. The number of rotatable bonds is 11. The Morgan fingerprint density at radius 2 is 1.97 bits per heavy atom. The fourth-order valence-corrected chi connectivity index (χ4v) is 5.13. The van der Waals surface area contributed by atoms with Crippen LogP contribution in [0.5, 0.6) is 5.75 Å². The first kappa shape index (κ1) is 24.0. The minimum absolute atomic E-state index is 0.00681. The second kappa shape index (κ2) is 11.3. The van der Waals surface area contributed by atoms with E-state index in [1.807, 2.05) is 6.07 Å². The molecule has 1 atom stereocenters. The van der Waals surface area contributed by atoms with Gasteiger partial charge in [-0.25, -0.2) is 0 Å². The fourth-order valence-electron chi connectivity index (χ4n) is 4.82. The topological polar surface area (TPSA) is 71.1 Å². The van der Waals surface area contributed by atoms with Crippen molar-refractivity contribution < 1.29 is 28.5 Å². The molecule has 0 amide bonds. The van der Waals surface area contributed by atoms with Crippen molar-refractivity contribution in [2.75, 3.05) is 27.1 Å². The van der Waals surface area contributed by atoms with Gasteiger partial charge in [-0.2, -0.15) is 0 Å². The molecule has 0 bridgehead atoms. The summed E-state index contributed by atoms with van der Waals surface area (Å²) in [5.41, 5.74) is 1.39. The summed E-state index contributed by atoms with van der Waals surface area (Å²) in [4.78, 5) is 24.4. The largest absolute Gasteiger partial charge is 0.466 e. The minimum atomic E-state index is -0.674. The SMILES string of the molecule is CCc1cc(CCC2(C3CCCC3)CC(=O)CC(=O)O2)cc(Cl)c1OCOCCOC. The van der Waals surface area contributed by atoms with Crippen molar-refractivity contribution in [1.29, 1.82) is 0 Å². The number of methoxy groups -OCH3 is 1. The molecule has 2 fully saturated rings. The summed E-state index contributed by atoms with van der Waals surface area (Å²) < 4.78 is 22.0. The highest BCUT2D eigenvalue weighted by molar-refractivity contribution is 6.32. The standard InChI is InChI=1S/C24H33ClO6/c1-3-18-12-17(13-21(25)23(18)30-16-29-11-10-28-2)8-9-24(19-6-4-5-7-19)15-20(26)14-22(27)31-24/h12-13,19H,3-11,14-16H2,1-2H3. The molecule has 172 valence electrons. The summed E-state index contributed by atoms with van der Waals surface area (Å²) in [6, 6.07) is 3.99. The van der Waals surface area contributed by atoms with E-state index in [0.717, 1.165) is 43.2 Å². The molecule has 31 heavy (non-hydrogen) atoms. The number of ketones is 1. The molecule has 1 aliphatic carbocycles. The quantitative estimate of drug-likeness (QED) is 0.210. The van der Waals surface area contributed by atoms with Crippen LogP contribution in [0.3, 0.4) is 0 Å². The molecule has 6 nitrogen and oxygen atoms in total. The number of ether oxygens (including phenoxy) is 4. The Bertz CT molecular complexity index is 756. The molecule has 1 unspecified atom stereocenters. The molecule has 1 aromatic rings. The van der Waals surface area contributed by atoms with Crippen LogP contribution in [0.15, 0.2) is 12.1 Å². The van der Waals surface area contributed by atoms with Crippen LogP contribution < -0.4 is 4.74 Å². The first-order valence-corrected chi connectivity index (χ1v) is 11.6. The van der Waals surface area contributed by atoms with E-state index in [9.17, 15) is 9.59 Å². The summed E-state index contributed by atoms with van der Waals surface area (Å²) in [7, 11) is 1.62. The number of carbonyl (C=O) groups excluding carboxylic acids is 2. The van der Waals surface area contributed by atoms with E-state index < -0.39 is 5.60 Å². The second-order valence-corrected chi connectivity index (χ2v) is 8.90. The number of benzene rings is 1. The van der Waals surface area contributed by atoms with Crippen molar-refractivity contribution in [3.8, 4) is 5.75 Å². The molecule has 1 saturated carbocycles. The molecule has 2 aliphatic rings. The zero-order valence-corrected chi connectivity index (χ0v) is 19.3. The number of hydrogen-bond acceptors (Lipinski definition) is 6.